The molecule has 0 aliphatic heterocycles. The summed E-state index contributed by atoms with van der Waals surface area (Å²) in [6.45, 7) is 0.514. The second-order valence-electron chi connectivity index (χ2n) is 5.07. The van der Waals surface area contributed by atoms with Crippen LogP contribution in [0.2, 0.25) is 0 Å². The van der Waals surface area contributed by atoms with Gasteiger partial charge in [0.25, 0.3) is 0 Å². The third kappa shape index (κ3) is 3.94. The minimum atomic E-state index is -0.919. The summed E-state index contributed by atoms with van der Waals surface area (Å²) in [4.78, 5) is 4.01. The van der Waals surface area contributed by atoms with Crippen LogP contribution in [0.15, 0.2) is 61.2 Å². The standard InChI is InChI=1S/C17H14F2N4S/c18-15-6-3-13(9-16(15)19)22-17(24)21-10-12-1-4-14(5-2-12)23-8-7-20-11-23/h1-9,11H,10H2,(H2,21,22,24). The SMILES string of the molecule is Fc1ccc(NC(=S)NCc2ccc(-n3ccnc3)cc2)cc1F. The molecule has 7 heteroatoms. The van der Waals surface area contributed by atoms with Gasteiger partial charge in [0.05, 0.1) is 6.33 Å². The van der Waals surface area contributed by atoms with Crippen molar-refractivity contribution in [3.05, 3.63) is 78.4 Å². The van der Waals surface area contributed by atoms with Crippen LogP contribution >= 0.6 is 12.2 Å². The lowest BCUT2D eigenvalue weighted by Crippen LogP contribution is -2.27. The zero-order valence-corrected chi connectivity index (χ0v) is 13.4. The number of anilines is 1. The molecule has 0 amide bonds. The first-order valence-corrected chi connectivity index (χ1v) is 7.60. The summed E-state index contributed by atoms with van der Waals surface area (Å²) in [6.07, 6.45) is 5.32. The number of benzene rings is 2. The molecule has 4 nitrogen and oxygen atoms in total. The Bertz CT molecular complexity index is 832. The Hall–Kier alpha value is -2.80. The van der Waals surface area contributed by atoms with Crippen LogP contribution in [-0.2, 0) is 6.54 Å². The number of halogens is 2. The van der Waals surface area contributed by atoms with Crippen LogP contribution in [0.4, 0.5) is 14.5 Å². The third-order valence-electron chi connectivity index (χ3n) is 3.37. The summed E-state index contributed by atoms with van der Waals surface area (Å²) in [5.74, 6) is -1.81. The van der Waals surface area contributed by atoms with Crippen molar-refractivity contribution in [1.82, 2.24) is 14.9 Å². The van der Waals surface area contributed by atoms with Gasteiger partial charge in [-0.05, 0) is 42.0 Å². The van der Waals surface area contributed by atoms with Gasteiger partial charge in [-0.1, -0.05) is 12.1 Å². The predicted molar refractivity (Wildman–Crippen MR) is 93.0 cm³/mol. The Morgan fingerprint density at radius 2 is 1.88 bits per heavy atom. The molecule has 0 spiro atoms. The maximum Gasteiger partial charge on any atom is 0.171 e. The van der Waals surface area contributed by atoms with Crippen molar-refractivity contribution in [3.8, 4) is 5.69 Å². The number of hydrogen-bond acceptors (Lipinski definition) is 2. The number of aromatic nitrogens is 2. The molecule has 0 fully saturated rings. The van der Waals surface area contributed by atoms with Crippen LogP contribution in [0.5, 0.6) is 0 Å². The predicted octanol–water partition coefficient (Wildman–Crippen LogP) is 3.64. The van der Waals surface area contributed by atoms with Crippen LogP contribution in [0, 0.1) is 11.6 Å². The fourth-order valence-electron chi connectivity index (χ4n) is 2.13. The lowest BCUT2D eigenvalue weighted by Gasteiger charge is -2.11. The fourth-order valence-corrected chi connectivity index (χ4v) is 2.32. The number of nitrogens with zero attached hydrogens (tertiary/aromatic N) is 2. The topological polar surface area (TPSA) is 41.9 Å². The number of rotatable bonds is 4. The molecular formula is C17H14F2N4S. The normalized spacial score (nSPS) is 10.4. The maximum atomic E-state index is 13.1. The molecule has 122 valence electrons. The van der Waals surface area contributed by atoms with Gasteiger partial charge in [-0.3, -0.25) is 0 Å². The Kier molecular flexibility index (Phi) is 4.81. The molecule has 1 heterocycles. The summed E-state index contributed by atoms with van der Waals surface area (Å²) in [7, 11) is 0. The number of nitrogens with one attached hydrogen (secondary N) is 2. The molecular weight excluding hydrogens is 330 g/mol. The van der Waals surface area contributed by atoms with Gasteiger partial charge in [-0.25, -0.2) is 13.8 Å². The van der Waals surface area contributed by atoms with Crippen molar-refractivity contribution in [2.24, 2.45) is 0 Å². The van der Waals surface area contributed by atoms with Crippen LogP contribution in [0.1, 0.15) is 5.56 Å². The van der Waals surface area contributed by atoms with Crippen molar-refractivity contribution in [3.63, 3.8) is 0 Å². The average molecular weight is 344 g/mol. The third-order valence-corrected chi connectivity index (χ3v) is 3.62. The van der Waals surface area contributed by atoms with Gasteiger partial charge >= 0.3 is 0 Å². The van der Waals surface area contributed by atoms with Crippen LogP contribution in [-0.4, -0.2) is 14.7 Å². The summed E-state index contributed by atoms with van der Waals surface area (Å²) in [5, 5.41) is 6.17. The number of hydrogen-bond donors (Lipinski definition) is 2. The van der Waals surface area contributed by atoms with Gasteiger partial charge in [-0.15, -0.1) is 0 Å². The Balaban J connectivity index is 1.55. The van der Waals surface area contributed by atoms with Crippen LogP contribution in [0.3, 0.4) is 0 Å². The van der Waals surface area contributed by atoms with Gasteiger partial charge in [-0.2, -0.15) is 0 Å². The maximum absolute atomic E-state index is 13.1. The Labute approximate surface area is 143 Å². The molecule has 0 saturated heterocycles. The summed E-state index contributed by atoms with van der Waals surface area (Å²) in [6, 6.07) is 11.4. The molecule has 0 unspecified atom stereocenters. The molecule has 2 aromatic carbocycles. The average Bonchev–Trinajstić information content (AvgIpc) is 3.11. The van der Waals surface area contributed by atoms with E-state index >= 15 is 0 Å². The molecule has 3 aromatic rings. The van der Waals surface area contributed by atoms with Gasteiger partial charge in [0.15, 0.2) is 16.7 Å². The van der Waals surface area contributed by atoms with Crippen LogP contribution < -0.4 is 10.6 Å². The minimum Gasteiger partial charge on any atom is -0.358 e. The van der Waals surface area contributed by atoms with E-state index in [0.717, 1.165) is 23.4 Å². The molecule has 3 rings (SSSR count). The lowest BCUT2D eigenvalue weighted by molar-refractivity contribution is 0.509. The molecule has 0 atom stereocenters. The van der Waals surface area contributed by atoms with E-state index in [0.29, 0.717) is 17.3 Å². The van der Waals surface area contributed by atoms with E-state index in [2.05, 4.69) is 15.6 Å². The first-order valence-electron chi connectivity index (χ1n) is 7.19. The zero-order chi connectivity index (χ0) is 16.9. The molecule has 0 aliphatic rings. The fraction of sp³-hybridized carbons (Fsp3) is 0.0588. The highest BCUT2D eigenvalue weighted by atomic mass is 32.1. The van der Waals surface area contributed by atoms with Gasteiger partial charge in [0.1, 0.15) is 0 Å². The molecule has 0 aliphatic carbocycles. The van der Waals surface area contributed by atoms with E-state index in [4.69, 9.17) is 12.2 Å². The molecule has 24 heavy (non-hydrogen) atoms. The van der Waals surface area contributed by atoms with E-state index in [1.165, 1.54) is 6.07 Å². The van der Waals surface area contributed by atoms with Crippen molar-refractivity contribution in [1.29, 1.82) is 0 Å². The highest BCUT2D eigenvalue weighted by Gasteiger charge is 2.04. The Morgan fingerprint density at radius 1 is 1.08 bits per heavy atom. The second-order valence-corrected chi connectivity index (χ2v) is 5.48. The largest absolute Gasteiger partial charge is 0.358 e. The summed E-state index contributed by atoms with van der Waals surface area (Å²) >= 11 is 5.15. The first-order chi connectivity index (χ1) is 11.6. The monoisotopic (exact) mass is 344 g/mol. The zero-order valence-electron chi connectivity index (χ0n) is 12.5. The van der Waals surface area contributed by atoms with E-state index < -0.39 is 11.6 Å². The van der Waals surface area contributed by atoms with Crippen molar-refractivity contribution < 1.29 is 8.78 Å². The lowest BCUT2D eigenvalue weighted by atomic mass is 10.2. The highest BCUT2D eigenvalue weighted by molar-refractivity contribution is 7.80. The Morgan fingerprint density at radius 3 is 2.54 bits per heavy atom. The summed E-state index contributed by atoms with van der Waals surface area (Å²) in [5.41, 5.74) is 2.44. The van der Waals surface area contributed by atoms with E-state index in [9.17, 15) is 8.78 Å². The van der Waals surface area contributed by atoms with Gasteiger partial charge in [0.2, 0.25) is 0 Å². The smallest absolute Gasteiger partial charge is 0.171 e. The van der Waals surface area contributed by atoms with Crippen molar-refractivity contribution in [2.75, 3.05) is 5.32 Å². The van der Waals surface area contributed by atoms with Gasteiger partial charge in [0, 0.05) is 36.4 Å². The van der Waals surface area contributed by atoms with E-state index in [-0.39, 0.29) is 0 Å². The minimum absolute atomic E-state index is 0.333. The highest BCUT2D eigenvalue weighted by Crippen LogP contribution is 2.13. The number of imidazole rings is 1. The molecule has 2 N–H and O–H groups in total. The van der Waals surface area contributed by atoms with E-state index in [1.54, 1.807) is 12.5 Å². The molecule has 0 radical (unpaired) electrons. The van der Waals surface area contributed by atoms with Crippen molar-refractivity contribution >= 4 is 23.0 Å². The molecule has 0 saturated carbocycles. The number of thiocarbonyl (C=S) groups is 1. The molecule has 0 bridgehead atoms. The van der Waals surface area contributed by atoms with Gasteiger partial charge < -0.3 is 15.2 Å². The quantitative estimate of drug-likeness (QED) is 0.709. The van der Waals surface area contributed by atoms with Crippen LogP contribution in [0.25, 0.3) is 5.69 Å². The van der Waals surface area contributed by atoms with E-state index in [1.807, 2.05) is 35.0 Å². The summed E-state index contributed by atoms with van der Waals surface area (Å²) < 4.78 is 27.9. The molecule has 1 aromatic heterocycles. The van der Waals surface area contributed by atoms with Crippen molar-refractivity contribution in [2.45, 2.75) is 6.54 Å². The second kappa shape index (κ2) is 7.18. The first kappa shape index (κ1) is 16.1.